The Bertz CT molecular complexity index is 1990. The number of pyridine rings is 1. The summed E-state index contributed by atoms with van der Waals surface area (Å²) < 4.78 is 12.5. The summed E-state index contributed by atoms with van der Waals surface area (Å²) in [7, 11) is 3.92. The molecule has 5 aromatic rings. The Labute approximate surface area is 259 Å². The van der Waals surface area contributed by atoms with Crippen molar-refractivity contribution >= 4 is 56.3 Å². The fraction of sp³-hybridized carbons (Fsp3) is 0.229. The second kappa shape index (κ2) is 12.0. The van der Waals surface area contributed by atoms with Gasteiger partial charge < -0.3 is 19.2 Å². The average Bonchev–Trinajstić information content (AvgIpc) is 3.33. The third-order valence-electron chi connectivity index (χ3n) is 7.70. The Morgan fingerprint density at radius 3 is 2.16 bits per heavy atom. The first-order valence-electron chi connectivity index (χ1n) is 14.6. The lowest BCUT2D eigenvalue weighted by molar-refractivity contribution is -0.172. The molecule has 0 aliphatic carbocycles. The predicted octanol–water partition coefficient (Wildman–Crippen LogP) is 5.54. The number of carbonyl (C=O) groups is 4. The summed E-state index contributed by atoms with van der Waals surface area (Å²) in [6.45, 7) is 4.45. The zero-order valence-corrected chi connectivity index (χ0v) is 25.4. The highest BCUT2D eigenvalue weighted by molar-refractivity contribution is 6.20. The maximum atomic E-state index is 14.3. The highest BCUT2D eigenvalue weighted by atomic mass is 16.7. The van der Waals surface area contributed by atoms with E-state index in [1.54, 1.807) is 13.8 Å². The topological polar surface area (TPSA) is 115 Å². The van der Waals surface area contributed by atoms with Crippen LogP contribution in [-0.4, -0.2) is 65.9 Å². The Morgan fingerprint density at radius 1 is 0.822 bits per heavy atom. The Kier molecular flexibility index (Phi) is 7.90. The number of fused-ring (bicyclic) bond motifs is 3. The van der Waals surface area contributed by atoms with Gasteiger partial charge in [0.25, 0.3) is 11.8 Å². The lowest BCUT2D eigenvalue weighted by atomic mass is 9.98. The molecule has 1 aliphatic rings. The normalized spacial score (nSPS) is 13.3. The highest BCUT2D eigenvalue weighted by Crippen LogP contribution is 2.40. The molecule has 1 saturated heterocycles. The Balaban J connectivity index is 1.43. The van der Waals surface area contributed by atoms with E-state index >= 15 is 0 Å². The van der Waals surface area contributed by atoms with Gasteiger partial charge in [0.1, 0.15) is 18.1 Å². The first kappa shape index (κ1) is 29.7. The summed E-state index contributed by atoms with van der Waals surface area (Å²) in [6, 6.07) is 20.1. The van der Waals surface area contributed by atoms with Crippen molar-refractivity contribution in [2.45, 2.75) is 26.7 Å². The van der Waals surface area contributed by atoms with Crippen LogP contribution in [-0.2, 0) is 14.4 Å². The van der Waals surface area contributed by atoms with Gasteiger partial charge in [0.2, 0.25) is 0 Å². The average molecular weight is 606 g/mol. The number of nitrogens with zero attached hydrogens (tertiary/aromatic N) is 3. The van der Waals surface area contributed by atoms with Crippen LogP contribution < -0.4 is 9.47 Å². The molecule has 10 nitrogen and oxygen atoms in total. The molecule has 4 aromatic carbocycles. The summed E-state index contributed by atoms with van der Waals surface area (Å²) in [5.41, 5.74) is 2.63. The smallest absolute Gasteiger partial charge is 0.363 e. The van der Waals surface area contributed by atoms with Gasteiger partial charge in [0.15, 0.2) is 0 Å². The SMILES string of the molecule is Cc1cc(C(=O)ON2C(=O)CCC2=O)cc(C)c1OC(=O)c1c2ccccc2nc2cc3ccccc3c(OCCN(C)C)c12. The van der Waals surface area contributed by atoms with Crippen LogP contribution >= 0.6 is 0 Å². The fourth-order valence-electron chi connectivity index (χ4n) is 5.54. The van der Waals surface area contributed by atoms with E-state index in [1.807, 2.05) is 73.6 Å². The summed E-state index contributed by atoms with van der Waals surface area (Å²) in [5.74, 6) is -1.78. The van der Waals surface area contributed by atoms with Crippen molar-refractivity contribution in [2.24, 2.45) is 0 Å². The number of hydrogen-bond donors (Lipinski definition) is 0. The van der Waals surface area contributed by atoms with Crippen molar-refractivity contribution in [2.75, 3.05) is 27.2 Å². The monoisotopic (exact) mass is 605 g/mol. The van der Waals surface area contributed by atoms with E-state index in [4.69, 9.17) is 19.3 Å². The standard InChI is InChI=1S/C35H31N3O7/c1-20-17-23(34(41)45-38-28(39)13-14-29(38)40)18-21(2)32(20)44-35(42)30-25-11-7-8-12-26(25)36-27-19-22-9-5-6-10-24(22)33(31(27)30)43-16-15-37(3)4/h5-12,17-19H,13-16H2,1-4H3. The van der Waals surface area contributed by atoms with Crippen LogP contribution in [0.1, 0.15) is 44.7 Å². The van der Waals surface area contributed by atoms with Crippen LogP contribution in [0.2, 0.25) is 0 Å². The zero-order valence-electron chi connectivity index (χ0n) is 25.4. The molecule has 6 rings (SSSR count). The molecule has 0 saturated carbocycles. The highest BCUT2D eigenvalue weighted by Gasteiger charge is 2.33. The minimum absolute atomic E-state index is 0.00434. The number of hydroxylamine groups is 2. The largest absolute Gasteiger partial charge is 0.491 e. The van der Waals surface area contributed by atoms with Gasteiger partial charge in [-0.2, -0.15) is 0 Å². The lowest BCUT2D eigenvalue weighted by Crippen LogP contribution is -2.32. The van der Waals surface area contributed by atoms with Crippen molar-refractivity contribution in [3.8, 4) is 11.5 Å². The number of para-hydroxylation sites is 1. The van der Waals surface area contributed by atoms with E-state index < -0.39 is 23.8 Å². The van der Waals surface area contributed by atoms with E-state index in [9.17, 15) is 19.2 Å². The number of hydrogen-bond acceptors (Lipinski definition) is 9. The van der Waals surface area contributed by atoms with Crippen LogP contribution in [0, 0.1) is 13.8 Å². The molecule has 228 valence electrons. The number of benzene rings is 4. The molecular weight excluding hydrogens is 574 g/mol. The second-order valence-corrected chi connectivity index (χ2v) is 11.3. The summed E-state index contributed by atoms with van der Waals surface area (Å²) in [6.07, 6.45) is -0.00867. The minimum Gasteiger partial charge on any atom is -0.491 e. The summed E-state index contributed by atoms with van der Waals surface area (Å²) in [4.78, 5) is 62.9. The van der Waals surface area contributed by atoms with Gasteiger partial charge >= 0.3 is 11.9 Å². The van der Waals surface area contributed by atoms with Crippen LogP contribution in [0.25, 0.3) is 32.6 Å². The second-order valence-electron chi connectivity index (χ2n) is 11.3. The Morgan fingerprint density at radius 2 is 1.47 bits per heavy atom. The number of aromatic nitrogens is 1. The molecule has 0 N–H and O–H groups in total. The molecule has 2 amide bonds. The molecule has 0 spiro atoms. The van der Waals surface area contributed by atoms with Crippen LogP contribution in [0.3, 0.4) is 0 Å². The predicted molar refractivity (Wildman–Crippen MR) is 168 cm³/mol. The van der Waals surface area contributed by atoms with Gasteiger partial charge in [-0.05, 0) is 68.7 Å². The molecule has 0 atom stereocenters. The van der Waals surface area contributed by atoms with Gasteiger partial charge in [-0.1, -0.05) is 42.5 Å². The molecule has 1 fully saturated rings. The van der Waals surface area contributed by atoms with E-state index in [1.165, 1.54) is 12.1 Å². The number of aryl methyl sites for hydroxylation is 2. The zero-order chi connectivity index (χ0) is 31.8. The molecule has 1 aromatic heterocycles. The third kappa shape index (κ3) is 5.67. The van der Waals surface area contributed by atoms with Crippen molar-refractivity contribution in [1.29, 1.82) is 0 Å². The van der Waals surface area contributed by atoms with Crippen LogP contribution in [0.4, 0.5) is 0 Å². The number of likely N-dealkylation sites (N-methyl/N-ethyl adjacent to an activating group) is 1. The van der Waals surface area contributed by atoms with Crippen molar-refractivity contribution in [1.82, 2.24) is 14.9 Å². The number of carbonyl (C=O) groups excluding carboxylic acids is 4. The first-order chi connectivity index (χ1) is 21.6. The number of esters is 1. The van der Waals surface area contributed by atoms with E-state index in [0.29, 0.717) is 62.5 Å². The van der Waals surface area contributed by atoms with Gasteiger partial charge in [-0.3, -0.25) is 9.59 Å². The lowest BCUT2D eigenvalue weighted by Gasteiger charge is -2.19. The summed E-state index contributed by atoms with van der Waals surface area (Å²) in [5, 5.41) is 3.44. The molecular formula is C35H31N3O7. The maximum Gasteiger partial charge on any atom is 0.363 e. The number of imide groups is 1. The fourth-order valence-corrected chi connectivity index (χ4v) is 5.54. The minimum atomic E-state index is -0.861. The van der Waals surface area contributed by atoms with Gasteiger partial charge in [-0.15, -0.1) is 5.06 Å². The molecule has 0 radical (unpaired) electrons. The quantitative estimate of drug-likeness (QED) is 0.0973. The van der Waals surface area contributed by atoms with E-state index in [2.05, 4.69) is 0 Å². The molecule has 0 unspecified atom stereocenters. The number of amides is 2. The molecule has 1 aliphatic heterocycles. The molecule has 45 heavy (non-hydrogen) atoms. The van der Waals surface area contributed by atoms with Crippen molar-refractivity contribution in [3.05, 3.63) is 89.0 Å². The molecule has 10 heteroatoms. The Hall–Kier alpha value is -5.35. The third-order valence-corrected chi connectivity index (χ3v) is 7.70. The number of ether oxygens (including phenoxy) is 2. The maximum absolute atomic E-state index is 14.3. The van der Waals surface area contributed by atoms with Gasteiger partial charge in [-0.25, -0.2) is 14.6 Å². The van der Waals surface area contributed by atoms with E-state index in [-0.39, 0.29) is 24.2 Å². The molecule has 0 bridgehead atoms. The van der Waals surface area contributed by atoms with E-state index in [0.717, 1.165) is 10.8 Å². The van der Waals surface area contributed by atoms with Crippen molar-refractivity contribution in [3.63, 3.8) is 0 Å². The molecule has 2 heterocycles. The number of rotatable bonds is 8. The van der Waals surface area contributed by atoms with Crippen LogP contribution in [0.5, 0.6) is 11.5 Å². The van der Waals surface area contributed by atoms with Crippen LogP contribution in [0.15, 0.2) is 66.7 Å². The van der Waals surface area contributed by atoms with Gasteiger partial charge in [0.05, 0.1) is 27.5 Å². The van der Waals surface area contributed by atoms with Gasteiger partial charge in [0, 0.05) is 30.2 Å². The summed E-state index contributed by atoms with van der Waals surface area (Å²) >= 11 is 0. The first-order valence-corrected chi connectivity index (χ1v) is 14.6. The van der Waals surface area contributed by atoms with Crippen molar-refractivity contribution < 1.29 is 33.5 Å².